The SMILES string of the molecule is C=C(C)S[C@@H](C(=O)N1CCC[C@@H]1C(=O)NCCCCCCCCCCCCCCNC)c1ccccc1. The van der Waals surface area contributed by atoms with Crippen LogP contribution in [0.4, 0.5) is 0 Å². The zero-order valence-electron chi connectivity index (χ0n) is 23.4. The molecule has 1 aliphatic rings. The third-order valence-corrected chi connectivity index (χ3v) is 8.25. The van der Waals surface area contributed by atoms with E-state index in [1.807, 2.05) is 44.3 Å². The molecule has 1 fully saturated rings. The number of hydrogen-bond donors (Lipinski definition) is 2. The highest BCUT2D eigenvalue weighted by Gasteiger charge is 2.37. The van der Waals surface area contributed by atoms with Crippen molar-refractivity contribution in [3.8, 4) is 0 Å². The number of carbonyl (C=O) groups is 2. The maximum absolute atomic E-state index is 13.5. The van der Waals surface area contributed by atoms with E-state index >= 15 is 0 Å². The minimum Gasteiger partial charge on any atom is -0.354 e. The number of nitrogens with zero attached hydrogens (tertiary/aromatic N) is 1. The average molecular weight is 530 g/mol. The van der Waals surface area contributed by atoms with E-state index in [-0.39, 0.29) is 23.1 Å². The Morgan fingerprint density at radius 1 is 0.919 bits per heavy atom. The molecule has 2 N–H and O–H groups in total. The Hall–Kier alpha value is -1.79. The Kier molecular flexibility index (Phi) is 16.4. The highest BCUT2D eigenvalue weighted by Crippen LogP contribution is 2.37. The highest BCUT2D eigenvalue weighted by molar-refractivity contribution is 8.03. The first kappa shape index (κ1) is 31.4. The van der Waals surface area contributed by atoms with Crippen LogP contribution in [0.2, 0.25) is 0 Å². The third-order valence-electron chi connectivity index (χ3n) is 7.14. The lowest BCUT2D eigenvalue weighted by atomic mass is 10.1. The first-order chi connectivity index (χ1) is 18.0. The fraction of sp³-hybridized carbons (Fsp3) is 0.677. The Morgan fingerprint density at radius 3 is 2.00 bits per heavy atom. The zero-order valence-corrected chi connectivity index (χ0v) is 24.3. The minimum absolute atomic E-state index is 0.00365. The molecule has 5 nitrogen and oxygen atoms in total. The van der Waals surface area contributed by atoms with Gasteiger partial charge in [0.25, 0.3) is 0 Å². The van der Waals surface area contributed by atoms with Gasteiger partial charge < -0.3 is 15.5 Å². The molecule has 0 aliphatic carbocycles. The molecule has 2 amide bonds. The first-order valence-corrected chi connectivity index (χ1v) is 15.5. The van der Waals surface area contributed by atoms with Gasteiger partial charge in [-0.15, -0.1) is 11.8 Å². The number of carbonyl (C=O) groups excluding carboxylic acids is 2. The Balaban J connectivity index is 1.60. The van der Waals surface area contributed by atoms with Crippen LogP contribution >= 0.6 is 11.8 Å². The number of likely N-dealkylation sites (tertiary alicyclic amines) is 1. The summed E-state index contributed by atoms with van der Waals surface area (Å²) in [5.74, 6) is 0.0228. The number of rotatable bonds is 20. The molecule has 1 saturated heterocycles. The largest absolute Gasteiger partial charge is 0.354 e. The zero-order chi connectivity index (χ0) is 26.7. The van der Waals surface area contributed by atoms with Gasteiger partial charge in [0.2, 0.25) is 11.8 Å². The normalized spacial score (nSPS) is 16.1. The minimum atomic E-state index is -0.354. The molecule has 0 radical (unpaired) electrons. The molecule has 0 spiro atoms. The van der Waals surface area contributed by atoms with E-state index in [0.29, 0.717) is 13.1 Å². The summed E-state index contributed by atoms with van der Waals surface area (Å²) in [6.45, 7) is 8.42. The molecule has 0 bridgehead atoms. The van der Waals surface area contributed by atoms with Gasteiger partial charge in [-0.05, 0) is 56.7 Å². The van der Waals surface area contributed by atoms with Crippen molar-refractivity contribution in [2.75, 3.05) is 26.7 Å². The Bertz CT molecular complexity index is 786. The van der Waals surface area contributed by atoms with Crippen LogP contribution in [0, 0.1) is 0 Å². The van der Waals surface area contributed by atoms with Crippen LogP contribution in [0.3, 0.4) is 0 Å². The van der Waals surface area contributed by atoms with E-state index in [4.69, 9.17) is 0 Å². The van der Waals surface area contributed by atoms with Crippen molar-refractivity contribution < 1.29 is 9.59 Å². The second-order valence-corrected chi connectivity index (χ2v) is 11.8. The predicted molar refractivity (Wildman–Crippen MR) is 159 cm³/mol. The molecule has 2 atom stereocenters. The van der Waals surface area contributed by atoms with Crippen LogP contribution in [0.5, 0.6) is 0 Å². The molecule has 0 saturated carbocycles. The summed E-state index contributed by atoms with van der Waals surface area (Å²) in [5.41, 5.74) is 0.965. The fourth-order valence-corrected chi connectivity index (χ4v) is 6.00. The van der Waals surface area contributed by atoms with E-state index in [1.54, 1.807) is 4.90 Å². The average Bonchev–Trinajstić information content (AvgIpc) is 3.40. The van der Waals surface area contributed by atoms with Gasteiger partial charge in [0.15, 0.2) is 0 Å². The molecule has 0 unspecified atom stereocenters. The lowest BCUT2D eigenvalue weighted by Crippen LogP contribution is -2.47. The van der Waals surface area contributed by atoms with Crippen molar-refractivity contribution in [2.45, 2.75) is 108 Å². The molecule has 0 aromatic heterocycles. The van der Waals surface area contributed by atoms with Crippen molar-refractivity contribution in [1.29, 1.82) is 0 Å². The maximum atomic E-state index is 13.5. The number of nitrogens with one attached hydrogen (secondary N) is 2. The van der Waals surface area contributed by atoms with Crippen molar-refractivity contribution in [3.63, 3.8) is 0 Å². The van der Waals surface area contributed by atoms with Gasteiger partial charge in [0.1, 0.15) is 11.3 Å². The molecule has 1 heterocycles. The van der Waals surface area contributed by atoms with Crippen LogP contribution in [0.1, 0.15) is 108 Å². The number of thioether (sulfide) groups is 1. The summed E-state index contributed by atoms with van der Waals surface area (Å²) in [5, 5.41) is 5.97. The Morgan fingerprint density at radius 2 is 1.46 bits per heavy atom. The monoisotopic (exact) mass is 529 g/mol. The summed E-state index contributed by atoms with van der Waals surface area (Å²) >= 11 is 1.48. The quantitative estimate of drug-likeness (QED) is 0.179. The molecule has 2 rings (SSSR count). The van der Waals surface area contributed by atoms with Gasteiger partial charge in [-0.25, -0.2) is 0 Å². The van der Waals surface area contributed by atoms with Crippen LogP contribution < -0.4 is 10.6 Å². The lowest BCUT2D eigenvalue weighted by molar-refractivity contribution is -0.138. The van der Waals surface area contributed by atoms with Gasteiger partial charge in [0, 0.05) is 13.1 Å². The van der Waals surface area contributed by atoms with E-state index in [9.17, 15) is 9.59 Å². The molecule has 1 aromatic rings. The smallest absolute Gasteiger partial charge is 0.242 e. The molecule has 37 heavy (non-hydrogen) atoms. The third kappa shape index (κ3) is 12.5. The standard InChI is InChI=1S/C31H51N3O2S/c1-26(2)37-29(27-20-15-14-16-21-27)31(36)34-25-19-22-28(34)30(35)33-24-18-13-11-9-7-5-4-6-8-10-12-17-23-32-3/h14-16,20-21,28-29,32H,1,4-13,17-19,22-25H2,2-3H3,(H,33,35)/t28-,29-/m1/s1. The van der Waals surface area contributed by atoms with Gasteiger partial charge in [-0.3, -0.25) is 9.59 Å². The highest BCUT2D eigenvalue weighted by atomic mass is 32.2. The van der Waals surface area contributed by atoms with Crippen molar-refractivity contribution in [2.24, 2.45) is 0 Å². The van der Waals surface area contributed by atoms with Gasteiger partial charge in [0.05, 0.1) is 0 Å². The molecular formula is C31H51N3O2S. The van der Waals surface area contributed by atoms with Gasteiger partial charge in [-0.2, -0.15) is 0 Å². The number of hydrogen-bond acceptors (Lipinski definition) is 4. The van der Waals surface area contributed by atoms with Crippen LogP contribution in [0.15, 0.2) is 41.8 Å². The fourth-order valence-electron chi connectivity index (χ4n) is 5.07. The molecule has 6 heteroatoms. The van der Waals surface area contributed by atoms with Gasteiger partial charge in [-0.1, -0.05) is 101 Å². The second kappa shape index (κ2) is 19.3. The molecular weight excluding hydrogens is 478 g/mol. The van der Waals surface area contributed by atoms with Crippen LogP contribution in [-0.2, 0) is 9.59 Å². The summed E-state index contributed by atoms with van der Waals surface area (Å²) in [4.78, 5) is 29.1. The molecule has 1 aromatic carbocycles. The number of allylic oxidation sites excluding steroid dienone is 1. The number of unbranched alkanes of at least 4 members (excludes halogenated alkanes) is 11. The van der Waals surface area contributed by atoms with Crippen molar-refractivity contribution in [3.05, 3.63) is 47.4 Å². The maximum Gasteiger partial charge on any atom is 0.242 e. The number of amides is 2. The van der Waals surface area contributed by atoms with E-state index < -0.39 is 0 Å². The molecule has 1 aliphatic heterocycles. The van der Waals surface area contributed by atoms with Gasteiger partial charge >= 0.3 is 0 Å². The topological polar surface area (TPSA) is 61.4 Å². The summed E-state index contributed by atoms with van der Waals surface area (Å²) < 4.78 is 0. The summed E-state index contributed by atoms with van der Waals surface area (Å²) in [7, 11) is 2.02. The van der Waals surface area contributed by atoms with Crippen molar-refractivity contribution >= 4 is 23.6 Å². The molecule has 208 valence electrons. The summed E-state index contributed by atoms with van der Waals surface area (Å²) in [6, 6.07) is 9.48. The lowest BCUT2D eigenvalue weighted by Gasteiger charge is -2.28. The van der Waals surface area contributed by atoms with E-state index in [0.717, 1.165) is 42.7 Å². The first-order valence-electron chi connectivity index (χ1n) is 14.6. The number of benzene rings is 1. The second-order valence-electron chi connectivity index (χ2n) is 10.4. The Labute approximate surface area is 230 Å². The summed E-state index contributed by atoms with van der Waals surface area (Å²) in [6.07, 6.45) is 17.2. The van der Waals surface area contributed by atoms with E-state index in [2.05, 4.69) is 17.2 Å². The van der Waals surface area contributed by atoms with Crippen molar-refractivity contribution in [1.82, 2.24) is 15.5 Å². The van der Waals surface area contributed by atoms with Crippen LogP contribution in [0.25, 0.3) is 0 Å². The van der Waals surface area contributed by atoms with Crippen LogP contribution in [-0.4, -0.2) is 49.4 Å². The predicted octanol–water partition coefficient (Wildman–Crippen LogP) is 7.00. The van der Waals surface area contributed by atoms with E-state index in [1.165, 1.54) is 76.0 Å².